The fourth-order valence-corrected chi connectivity index (χ4v) is 5.10. The van der Waals surface area contributed by atoms with Crippen molar-refractivity contribution >= 4 is 22.4 Å². The molecule has 6 nitrogen and oxygen atoms in total. The highest BCUT2D eigenvalue weighted by molar-refractivity contribution is 7.85. The molecule has 3 heterocycles. The maximum absolute atomic E-state index is 12.4. The van der Waals surface area contributed by atoms with E-state index in [4.69, 9.17) is 5.73 Å². The summed E-state index contributed by atoms with van der Waals surface area (Å²) < 4.78 is 12.4. The second kappa shape index (κ2) is 7.21. The Morgan fingerprint density at radius 3 is 2.52 bits per heavy atom. The van der Waals surface area contributed by atoms with E-state index in [9.17, 15) is 4.21 Å². The Morgan fingerprint density at radius 2 is 1.87 bits per heavy atom. The van der Waals surface area contributed by atoms with Crippen molar-refractivity contribution in [1.82, 2.24) is 15.0 Å². The van der Waals surface area contributed by atoms with Crippen LogP contribution in [0, 0.1) is 0 Å². The number of hydrogen-bond acceptors (Lipinski definition) is 6. The predicted octanol–water partition coefficient (Wildman–Crippen LogP) is 4.04. The van der Waals surface area contributed by atoms with E-state index in [0.717, 1.165) is 33.9 Å². The van der Waals surface area contributed by atoms with Crippen molar-refractivity contribution in [2.75, 3.05) is 17.2 Å². The number of pyridine rings is 1. The standard InChI is InChI=1S/C24H27N5OS/c1-4-31(30)18-5-6-19-21(12-18)29(15-24(19)8-9-24)22-27-13-16(14-28-22)20-11-17(7-10-26-20)23(2,3)25/h5-7,10-14H,4,8-9,15,25H2,1-3H3. The van der Waals surface area contributed by atoms with Crippen molar-refractivity contribution < 1.29 is 4.21 Å². The van der Waals surface area contributed by atoms with E-state index in [1.54, 1.807) is 6.20 Å². The molecule has 1 unspecified atom stereocenters. The summed E-state index contributed by atoms with van der Waals surface area (Å²) >= 11 is 0. The van der Waals surface area contributed by atoms with Gasteiger partial charge < -0.3 is 10.6 Å². The number of nitrogens with zero attached hydrogens (tertiary/aromatic N) is 4. The van der Waals surface area contributed by atoms with Crippen molar-refractivity contribution in [2.45, 2.75) is 49.5 Å². The van der Waals surface area contributed by atoms with E-state index in [1.165, 1.54) is 18.4 Å². The zero-order valence-electron chi connectivity index (χ0n) is 18.1. The Hall–Kier alpha value is -2.64. The summed E-state index contributed by atoms with van der Waals surface area (Å²) in [6, 6.07) is 10.2. The molecule has 0 radical (unpaired) electrons. The molecule has 2 aromatic heterocycles. The molecule has 1 fully saturated rings. The molecular formula is C24H27N5OS. The van der Waals surface area contributed by atoms with Crippen LogP contribution in [-0.2, 0) is 21.8 Å². The van der Waals surface area contributed by atoms with E-state index in [0.29, 0.717) is 11.7 Å². The highest BCUT2D eigenvalue weighted by Crippen LogP contribution is 2.57. The highest BCUT2D eigenvalue weighted by Gasteiger charge is 2.52. The Morgan fingerprint density at radius 1 is 1.13 bits per heavy atom. The maximum atomic E-state index is 12.4. The number of benzene rings is 1. The summed E-state index contributed by atoms with van der Waals surface area (Å²) in [5.74, 6) is 1.28. The van der Waals surface area contributed by atoms with Gasteiger partial charge in [0.1, 0.15) is 0 Å². The molecule has 1 atom stereocenters. The van der Waals surface area contributed by atoms with Crippen LogP contribution in [0.3, 0.4) is 0 Å². The quantitative estimate of drug-likeness (QED) is 0.654. The van der Waals surface area contributed by atoms with Crippen LogP contribution in [0.2, 0.25) is 0 Å². The van der Waals surface area contributed by atoms with Gasteiger partial charge in [-0.2, -0.15) is 0 Å². The van der Waals surface area contributed by atoms with E-state index >= 15 is 0 Å². The summed E-state index contributed by atoms with van der Waals surface area (Å²) in [7, 11) is -0.983. The Kier molecular flexibility index (Phi) is 4.71. The lowest BCUT2D eigenvalue weighted by Crippen LogP contribution is -2.28. The monoisotopic (exact) mass is 433 g/mol. The first-order valence-electron chi connectivity index (χ1n) is 10.7. The maximum Gasteiger partial charge on any atom is 0.229 e. The minimum Gasteiger partial charge on any atom is -0.322 e. The van der Waals surface area contributed by atoms with Crippen LogP contribution in [0.15, 0.2) is 53.8 Å². The Labute approximate surface area is 185 Å². The number of anilines is 2. The molecule has 1 aliphatic heterocycles. The molecule has 160 valence electrons. The SMILES string of the molecule is CCS(=O)c1ccc2c(c1)N(c1ncc(-c3cc(C(C)(C)N)ccn3)cn1)CC21CC1. The third-order valence-electron chi connectivity index (χ3n) is 6.35. The average Bonchev–Trinajstić information content (AvgIpc) is 3.49. The summed E-state index contributed by atoms with van der Waals surface area (Å²) in [6.07, 6.45) is 7.77. The molecule has 1 saturated carbocycles. The van der Waals surface area contributed by atoms with Crippen LogP contribution in [0.5, 0.6) is 0 Å². The van der Waals surface area contributed by atoms with E-state index in [1.807, 2.05) is 51.4 Å². The molecule has 2 N–H and O–H groups in total. The summed E-state index contributed by atoms with van der Waals surface area (Å²) in [5, 5.41) is 0. The van der Waals surface area contributed by atoms with Gasteiger partial charge in [-0.15, -0.1) is 0 Å². The zero-order valence-corrected chi connectivity index (χ0v) is 18.9. The van der Waals surface area contributed by atoms with Gasteiger partial charge in [0.15, 0.2) is 0 Å². The number of fused-ring (bicyclic) bond motifs is 2. The smallest absolute Gasteiger partial charge is 0.229 e. The minimum absolute atomic E-state index is 0.201. The first-order valence-corrected chi connectivity index (χ1v) is 12.0. The third kappa shape index (κ3) is 3.55. The van der Waals surface area contributed by atoms with Crippen LogP contribution >= 0.6 is 0 Å². The van der Waals surface area contributed by atoms with Crippen LogP contribution in [-0.4, -0.2) is 31.5 Å². The summed E-state index contributed by atoms with van der Waals surface area (Å²) in [5.41, 5.74) is 11.1. The molecule has 5 rings (SSSR count). The molecule has 1 spiro atoms. The van der Waals surface area contributed by atoms with Crippen LogP contribution < -0.4 is 10.6 Å². The molecule has 1 aliphatic carbocycles. The Balaban J connectivity index is 1.48. The van der Waals surface area contributed by atoms with Gasteiger partial charge >= 0.3 is 0 Å². The van der Waals surface area contributed by atoms with Gasteiger partial charge in [0, 0.05) is 58.0 Å². The second-order valence-corrected chi connectivity index (χ2v) is 10.8. The molecule has 2 aliphatic rings. The number of hydrogen-bond donors (Lipinski definition) is 1. The molecule has 0 amide bonds. The molecule has 0 bridgehead atoms. The topological polar surface area (TPSA) is 85.0 Å². The lowest BCUT2D eigenvalue weighted by molar-refractivity contribution is 0.554. The van der Waals surface area contributed by atoms with E-state index in [-0.39, 0.29) is 5.41 Å². The predicted molar refractivity (Wildman–Crippen MR) is 124 cm³/mol. The van der Waals surface area contributed by atoms with Crippen LogP contribution in [0.4, 0.5) is 11.6 Å². The van der Waals surface area contributed by atoms with Gasteiger partial charge in [-0.1, -0.05) is 13.0 Å². The molecular weight excluding hydrogens is 406 g/mol. The lowest BCUT2D eigenvalue weighted by atomic mass is 9.95. The van der Waals surface area contributed by atoms with Crippen molar-refractivity contribution in [3.63, 3.8) is 0 Å². The van der Waals surface area contributed by atoms with Gasteiger partial charge in [-0.05, 0) is 62.1 Å². The number of aromatic nitrogens is 3. The second-order valence-electron chi connectivity index (χ2n) is 9.10. The van der Waals surface area contributed by atoms with Crippen molar-refractivity contribution in [2.24, 2.45) is 5.73 Å². The largest absolute Gasteiger partial charge is 0.322 e. The highest BCUT2D eigenvalue weighted by atomic mass is 32.2. The van der Waals surface area contributed by atoms with Crippen LogP contribution in [0.1, 0.15) is 44.7 Å². The zero-order chi connectivity index (χ0) is 21.8. The van der Waals surface area contributed by atoms with Crippen molar-refractivity contribution in [3.05, 3.63) is 60.0 Å². The van der Waals surface area contributed by atoms with Gasteiger partial charge in [0.2, 0.25) is 5.95 Å². The van der Waals surface area contributed by atoms with Gasteiger partial charge in [0.25, 0.3) is 0 Å². The minimum atomic E-state index is -0.983. The van der Waals surface area contributed by atoms with Crippen LogP contribution in [0.25, 0.3) is 11.3 Å². The summed E-state index contributed by atoms with van der Waals surface area (Å²) in [6.45, 7) is 6.77. The molecule has 31 heavy (non-hydrogen) atoms. The van der Waals surface area contributed by atoms with Gasteiger partial charge in [0.05, 0.1) is 16.5 Å². The molecule has 1 aromatic carbocycles. The van der Waals surface area contributed by atoms with E-state index in [2.05, 4.69) is 32.0 Å². The molecule has 3 aromatic rings. The van der Waals surface area contributed by atoms with Crippen molar-refractivity contribution in [1.29, 1.82) is 0 Å². The first kappa shape index (κ1) is 20.3. The third-order valence-corrected chi connectivity index (χ3v) is 7.65. The molecule has 0 saturated heterocycles. The normalized spacial score (nSPS) is 17.6. The van der Waals surface area contributed by atoms with E-state index < -0.39 is 16.3 Å². The fourth-order valence-electron chi connectivity index (χ4n) is 4.30. The number of rotatable bonds is 5. The fraction of sp³-hybridized carbons (Fsp3) is 0.375. The lowest BCUT2D eigenvalue weighted by Gasteiger charge is -2.20. The van der Waals surface area contributed by atoms with Gasteiger partial charge in [-0.3, -0.25) is 9.19 Å². The summed E-state index contributed by atoms with van der Waals surface area (Å²) in [4.78, 5) is 16.9. The first-order chi connectivity index (χ1) is 14.8. The van der Waals surface area contributed by atoms with Gasteiger partial charge in [-0.25, -0.2) is 9.97 Å². The molecule has 7 heteroatoms. The average molecular weight is 434 g/mol. The number of nitrogens with two attached hydrogens (primary N) is 1. The Bertz CT molecular complexity index is 1170. The van der Waals surface area contributed by atoms with Crippen molar-refractivity contribution in [3.8, 4) is 11.3 Å².